The zero-order chi connectivity index (χ0) is 12.6. The van der Waals surface area contributed by atoms with E-state index in [1.54, 1.807) is 12.1 Å². The predicted molar refractivity (Wildman–Crippen MR) is 64.9 cm³/mol. The first-order valence-electron chi connectivity index (χ1n) is 5.77. The van der Waals surface area contributed by atoms with Crippen LogP contribution in [0.25, 0.3) is 0 Å². The number of hydrogen-bond donors (Lipinski definition) is 2. The minimum atomic E-state index is -0.800. The molecule has 0 bridgehead atoms. The second-order valence-electron chi connectivity index (χ2n) is 4.84. The number of aliphatic carboxylic acids is 1. The van der Waals surface area contributed by atoms with Crippen LogP contribution in [0.4, 0.5) is 5.69 Å². The number of rotatable bonds is 2. The average molecular weight is 235 g/mol. The van der Waals surface area contributed by atoms with Crippen LogP contribution in [-0.4, -0.2) is 17.2 Å². The molecule has 0 amide bonds. The van der Waals surface area contributed by atoms with Gasteiger partial charge in [0.15, 0.2) is 0 Å². The molecule has 0 radical (unpaired) electrons. The number of ether oxygens (including phenoxy) is 1. The largest absolute Gasteiger partial charge is 0.489 e. The molecular weight excluding hydrogens is 218 g/mol. The lowest BCUT2D eigenvalue weighted by Gasteiger charge is -2.33. The number of fused-ring (bicyclic) bond motifs is 1. The second-order valence-corrected chi connectivity index (χ2v) is 4.84. The van der Waals surface area contributed by atoms with E-state index in [1.807, 2.05) is 19.9 Å². The molecule has 2 unspecified atom stereocenters. The molecule has 2 rings (SSSR count). The molecule has 0 fully saturated rings. The van der Waals surface area contributed by atoms with Crippen LogP contribution < -0.4 is 10.5 Å². The molecule has 17 heavy (non-hydrogen) atoms. The van der Waals surface area contributed by atoms with Gasteiger partial charge in [0.1, 0.15) is 11.9 Å². The third kappa shape index (κ3) is 2.20. The van der Waals surface area contributed by atoms with Gasteiger partial charge in [0, 0.05) is 11.8 Å². The van der Waals surface area contributed by atoms with E-state index in [2.05, 4.69) is 0 Å². The Bertz CT molecular complexity index is 442. The first kappa shape index (κ1) is 11.8. The Balaban J connectivity index is 2.36. The van der Waals surface area contributed by atoms with Crippen LogP contribution in [0, 0.1) is 11.8 Å². The van der Waals surface area contributed by atoms with Crippen molar-refractivity contribution in [1.29, 1.82) is 0 Å². The van der Waals surface area contributed by atoms with Gasteiger partial charge in [0.25, 0.3) is 0 Å². The molecule has 92 valence electrons. The molecule has 0 saturated heterocycles. The highest BCUT2D eigenvalue weighted by molar-refractivity contribution is 5.72. The van der Waals surface area contributed by atoms with Gasteiger partial charge in [0.05, 0.1) is 5.92 Å². The zero-order valence-corrected chi connectivity index (χ0v) is 10.0. The van der Waals surface area contributed by atoms with Gasteiger partial charge >= 0.3 is 5.97 Å². The van der Waals surface area contributed by atoms with Crippen molar-refractivity contribution in [1.82, 2.24) is 0 Å². The number of anilines is 1. The molecule has 0 spiro atoms. The summed E-state index contributed by atoms with van der Waals surface area (Å²) in [5.41, 5.74) is 7.26. The molecule has 0 aliphatic carbocycles. The smallest absolute Gasteiger partial charge is 0.310 e. The number of nitrogens with two attached hydrogens (primary N) is 1. The number of carboxylic acids is 1. The van der Waals surface area contributed by atoms with Gasteiger partial charge in [-0.3, -0.25) is 4.79 Å². The topological polar surface area (TPSA) is 72.5 Å². The number of carbonyl (C=O) groups is 1. The van der Waals surface area contributed by atoms with E-state index in [0.29, 0.717) is 12.1 Å². The Morgan fingerprint density at radius 1 is 1.53 bits per heavy atom. The van der Waals surface area contributed by atoms with Crippen LogP contribution in [0.15, 0.2) is 18.2 Å². The van der Waals surface area contributed by atoms with Crippen molar-refractivity contribution in [2.45, 2.75) is 26.4 Å². The van der Waals surface area contributed by atoms with Gasteiger partial charge in [-0.15, -0.1) is 0 Å². The Hall–Kier alpha value is -1.71. The van der Waals surface area contributed by atoms with Crippen molar-refractivity contribution in [3.63, 3.8) is 0 Å². The highest BCUT2D eigenvalue weighted by Gasteiger charge is 2.36. The predicted octanol–water partition coefficient (Wildman–Crippen LogP) is 1.93. The lowest BCUT2D eigenvalue weighted by molar-refractivity contribution is -0.146. The number of benzene rings is 1. The molecule has 0 saturated carbocycles. The third-order valence-electron chi connectivity index (χ3n) is 3.16. The van der Waals surface area contributed by atoms with E-state index in [9.17, 15) is 9.90 Å². The molecule has 1 aromatic rings. The van der Waals surface area contributed by atoms with E-state index in [-0.39, 0.29) is 12.0 Å². The quantitative estimate of drug-likeness (QED) is 0.768. The van der Waals surface area contributed by atoms with Crippen LogP contribution in [-0.2, 0) is 11.2 Å². The number of nitrogen functional groups attached to an aromatic ring is 1. The lowest BCUT2D eigenvalue weighted by Crippen LogP contribution is -2.41. The minimum absolute atomic E-state index is 0.158. The van der Waals surface area contributed by atoms with Crippen LogP contribution in [0.3, 0.4) is 0 Å². The van der Waals surface area contributed by atoms with Crippen LogP contribution in [0.1, 0.15) is 19.4 Å². The number of carboxylic acid groups (broad SMARTS) is 1. The van der Waals surface area contributed by atoms with Crippen molar-refractivity contribution in [3.05, 3.63) is 23.8 Å². The van der Waals surface area contributed by atoms with Gasteiger partial charge in [-0.05, 0) is 24.0 Å². The van der Waals surface area contributed by atoms with Crippen molar-refractivity contribution < 1.29 is 14.6 Å². The first-order valence-corrected chi connectivity index (χ1v) is 5.77. The van der Waals surface area contributed by atoms with E-state index in [0.717, 1.165) is 11.3 Å². The van der Waals surface area contributed by atoms with Crippen molar-refractivity contribution >= 4 is 11.7 Å². The van der Waals surface area contributed by atoms with Crippen LogP contribution in [0.2, 0.25) is 0 Å². The van der Waals surface area contributed by atoms with E-state index < -0.39 is 11.9 Å². The maximum Gasteiger partial charge on any atom is 0.310 e. The van der Waals surface area contributed by atoms with Crippen LogP contribution >= 0.6 is 0 Å². The zero-order valence-electron chi connectivity index (χ0n) is 10.0. The summed E-state index contributed by atoms with van der Waals surface area (Å²) in [5, 5.41) is 9.23. The minimum Gasteiger partial charge on any atom is -0.489 e. The molecule has 1 aliphatic rings. The molecule has 3 N–H and O–H groups in total. The van der Waals surface area contributed by atoms with E-state index in [1.165, 1.54) is 0 Å². The first-order chi connectivity index (χ1) is 7.99. The Kier molecular flexibility index (Phi) is 2.96. The van der Waals surface area contributed by atoms with E-state index >= 15 is 0 Å². The SMILES string of the molecule is CC(C)C1Oc2cc(N)ccc2CC1C(=O)O. The maximum absolute atomic E-state index is 11.2. The average Bonchev–Trinajstić information content (AvgIpc) is 2.26. The van der Waals surface area contributed by atoms with Crippen LogP contribution in [0.5, 0.6) is 5.75 Å². The summed E-state index contributed by atoms with van der Waals surface area (Å²) in [5.74, 6) is -0.399. The highest BCUT2D eigenvalue weighted by atomic mass is 16.5. The standard InChI is InChI=1S/C13H17NO3/c1-7(2)12-10(13(15)16)5-8-3-4-9(14)6-11(8)17-12/h3-4,6-7,10,12H,5,14H2,1-2H3,(H,15,16). The normalized spacial score (nSPS) is 23.0. The van der Waals surface area contributed by atoms with E-state index in [4.69, 9.17) is 10.5 Å². The summed E-state index contributed by atoms with van der Waals surface area (Å²) >= 11 is 0. The Labute approximate surface area is 100 Å². The molecule has 0 aromatic heterocycles. The second kappa shape index (κ2) is 4.28. The molecule has 1 aromatic carbocycles. The summed E-state index contributed by atoms with van der Waals surface area (Å²) in [6.07, 6.45) is 0.218. The Morgan fingerprint density at radius 2 is 2.24 bits per heavy atom. The summed E-state index contributed by atoms with van der Waals surface area (Å²) in [6, 6.07) is 5.39. The molecular formula is C13H17NO3. The van der Waals surface area contributed by atoms with Crippen molar-refractivity contribution in [2.75, 3.05) is 5.73 Å². The summed E-state index contributed by atoms with van der Waals surface area (Å²) in [6.45, 7) is 3.94. The van der Waals surface area contributed by atoms with Gasteiger partial charge in [-0.2, -0.15) is 0 Å². The fourth-order valence-electron chi connectivity index (χ4n) is 2.26. The summed E-state index contributed by atoms with van der Waals surface area (Å²) < 4.78 is 5.79. The molecule has 1 heterocycles. The molecule has 1 aliphatic heterocycles. The van der Waals surface area contributed by atoms with Crippen molar-refractivity contribution in [3.8, 4) is 5.75 Å². The monoisotopic (exact) mass is 235 g/mol. The van der Waals surface area contributed by atoms with Gasteiger partial charge in [0.2, 0.25) is 0 Å². The lowest BCUT2D eigenvalue weighted by atomic mass is 9.85. The van der Waals surface area contributed by atoms with Gasteiger partial charge in [-0.25, -0.2) is 0 Å². The van der Waals surface area contributed by atoms with Gasteiger partial charge < -0.3 is 15.6 Å². The molecule has 2 atom stereocenters. The molecule has 4 heteroatoms. The Morgan fingerprint density at radius 3 is 2.82 bits per heavy atom. The fourth-order valence-corrected chi connectivity index (χ4v) is 2.26. The van der Waals surface area contributed by atoms with Gasteiger partial charge in [-0.1, -0.05) is 19.9 Å². The third-order valence-corrected chi connectivity index (χ3v) is 3.16. The summed E-state index contributed by atoms with van der Waals surface area (Å²) in [7, 11) is 0. The highest BCUT2D eigenvalue weighted by Crippen LogP contribution is 2.35. The van der Waals surface area contributed by atoms with Crippen molar-refractivity contribution in [2.24, 2.45) is 11.8 Å². The number of hydrogen-bond acceptors (Lipinski definition) is 3. The fraction of sp³-hybridized carbons (Fsp3) is 0.462. The maximum atomic E-state index is 11.2. The molecule has 4 nitrogen and oxygen atoms in total. The summed E-state index contributed by atoms with van der Waals surface area (Å²) in [4.78, 5) is 11.2.